The Bertz CT molecular complexity index is 572. The van der Waals surface area contributed by atoms with E-state index in [2.05, 4.69) is 0 Å². The van der Waals surface area contributed by atoms with Gasteiger partial charge in [0.1, 0.15) is 6.54 Å². The molecule has 0 aromatic heterocycles. The van der Waals surface area contributed by atoms with E-state index in [1.807, 2.05) is 0 Å². The summed E-state index contributed by atoms with van der Waals surface area (Å²) < 4.78 is 42.7. The fraction of sp³-hybridized carbons (Fsp3) is 0.529. The second kappa shape index (κ2) is 9.41. The lowest BCUT2D eigenvalue weighted by Gasteiger charge is -2.25. The van der Waals surface area contributed by atoms with Crippen molar-refractivity contribution in [3.8, 4) is 0 Å². The van der Waals surface area contributed by atoms with Crippen molar-refractivity contribution in [3.05, 3.63) is 35.4 Å². The van der Waals surface area contributed by atoms with Gasteiger partial charge in [-0.05, 0) is 30.5 Å². The second-order valence-corrected chi connectivity index (χ2v) is 5.65. The van der Waals surface area contributed by atoms with Crippen molar-refractivity contribution in [1.82, 2.24) is 4.90 Å². The second-order valence-electron chi connectivity index (χ2n) is 5.65. The largest absolute Gasteiger partial charge is 0.480 e. The van der Waals surface area contributed by atoms with E-state index in [4.69, 9.17) is 9.84 Å². The van der Waals surface area contributed by atoms with Crippen LogP contribution < -0.4 is 0 Å². The monoisotopic (exact) mass is 361 g/mol. The van der Waals surface area contributed by atoms with Crippen LogP contribution in [0, 0.1) is 5.92 Å². The smallest absolute Gasteiger partial charge is 0.416 e. The summed E-state index contributed by atoms with van der Waals surface area (Å²) in [4.78, 5) is 24.7. The van der Waals surface area contributed by atoms with E-state index in [-0.39, 0.29) is 25.5 Å². The van der Waals surface area contributed by atoms with Gasteiger partial charge in [-0.3, -0.25) is 9.59 Å². The Balaban J connectivity index is 2.84. The first kappa shape index (κ1) is 21.0. The van der Waals surface area contributed by atoms with Crippen LogP contribution in [0.2, 0.25) is 0 Å². The van der Waals surface area contributed by atoms with Crippen molar-refractivity contribution in [2.24, 2.45) is 5.92 Å². The Hall–Kier alpha value is -2.09. The maximum absolute atomic E-state index is 12.6. The summed E-state index contributed by atoms with van der Waals surface area (Å²) in [6.45, 7) is 1.69. The number of hydrogen-bond acceptors (Lipinski definition) is 3. The highest BCUT2D eigenvalue weighted by atomic mass is 19.4. The zero-order valence-corrected chi connectivity index (χ0v) is 14.2. The quantitative estimate of drug-likeness (QED) is 0.734. The van der Waals surface area contributed by atoms with Gasteiger partial charge in [-0.25, -0.2) is 0 Å². The minimum atomic E-state index is -4.41. The number of methoxy groups -OCH3 is 1. The Kier molecular flexibility index (Phi) is 7.89. The van der Waals surface area contributed by atoms with E-state index in [1.165, 1.54) is 24.1 Å². The fourth-order valence-electron chi connectivity index (χ4n) is 2.41. The number of nitrogens with zero attached hydrogens (tertiary/aromatic N) is 1. The third-order valence-electron chi connectivity index (χ3n) is 3.81. The number of rotatable bonds is 9. The Morgan fingerprint density at radius 3 is 2.28 bits per heavy atom. The average Bonchev–Trinajstić information content (AvgIpc) is 2.55. The topological polar surface area (TPSA) is 66.8 Å². The van der Waals surface area contributed by atoms with Crippen LogP contribution in [0.5, 0.6) is 0 Å². The number of hydrogen-bond donors (Lipinski definition) is 1. The number of halogens is 3. The number of carboxylic acid groups (broad SMARTS) is 1. The van der Waals surface area contributed by atoms with Crippen LogP contribution in [0.3, 0.4) is 0 Å². The number of benzene rings is 1. The van der Waals surface area contributed by atoms with E-state index >= 15 is 0 Å². The Labute approximate surface area is 144 Å². The first-order valence-corrected chi connectivity index (χ1v) is 7.84. The highest BCUT2D eigenvalue weighted by Gasteiger charge is 2.30. The molecule has 1 rings (SSSR count). The van der Waals surface area contributed by atoms with Gasteiger partial charge in [0.05, 0.1) is 12.2 Å². The predicted molar refractivity (Wildman–Crippen MR) is 85.0 cm³/mol. The van der Waals surface area contributed by atoms with Crippen molar-refractivity contribution in [2.75, 3.05) is 26.8 Å². The molecule has 0 saturated carbocycles. The average molecular weight is 361 g/mol. The lowest BCUT2D eigenvalue weighted by atomic mass is 9.94. The van der Waals surface area contributed by atoms with Crippen LogP contribution in [-0.4, -0.2) is 48.7 Å². The van der Waals surface area contributed by atoms with E-state index in [0.717, 1.165) is 12.1 Å². The number of ether oxygens (including phenoxy) is 1. The summed E-state index contributed by atoms with van der Waals surface area (Å²) >= 11 is 0. The molecule has 25 heavy (non-hydrogen) atoms. The molecule has 140 valence electrons. The fourth-order valence-corrected chi connectivity index (χ4v) is 2.41. The van der Waals surface area contributed by atoms with E-state index < -0.39 is 30.2 Å². The Morgan fingerprint density at radius 1 is 1.24 bits per heavy atom. The molecule has 0 spiro atoms. The van der Waals surface area contributed by atoms with Gasteiger partial charge in [0.2, 0.25) is 5.91 Å². The molecule has 0 aliphatic heterocycles. The van der Waals surface area contributed by atoms with E-state index in [0.29, 0.717) is 12.0 Å². The zero-order chi connectivity index (χ0) is 19.0. The van der Waals surface area contributed by atoms with Gasteiger partial charge < -0.3 is 14.7 Å². The zero-order valence-electron chi connectivity index (χ0n) is 14.2. The summed E-state index contributed by atoms with van der Waals surface area (Å²) in [5.41, 5.74) is -0.154. The molecule has 0 aliphatic rings. The molecule has 1 atom stereocenters. The van der Waals surface area contributed by atoms with Crippen molar-refractivity contribution in [3.63, 3.8) is 0 Å². The lowest BCUT2D eigenvalue weighted by Crippen LogP contribution is -2.42. The van der Waals surface area contributed by atoms with Crippen LogP contribution in [-0.2, 0) is 26.9 Å². The molecule has 0 saturated heterocycles. The molecule has 0 heterocycles. The van der Waals surface area contributed by atoms with Gasteiger partial charge >= 0.3 is 12.1 Å². The van der Waals surface area contributed by atoms with Gasteiger partial charge in [0, 0.05) is 19.6 Å². The molecule has 1 amide bonds. The van der Waals surface area contributed by atoms with Gasteiger partial charge in [-0.1, -0.05) is 19.1 Å². The lowest BCUT2D eigenvalue weighted by molar-refractivity contribution is -0.146. The molecule has 1 aromatic rings. The molecule has 0 radical (unpaired) electrons. The van der Waals surface area contributed by atoms with Crippen molar-refractivity contribution in [1.29, 1.82) is 0 Å². The minimum absolute atomic E-state index is 0.144. The summed E-state index contributed by atoms with van der Waals surface area (Å²) in [5.74, 6) is -1.98. The number of carbonyl (C=O) groups is 2. The molecule has 5 nitrogen and oxygen atoms in total. The maximum Gasteiger partial charge on any atom is 0.416 e. The molecule has 1 aromatic carbocycles. The van der Waals surface area contributed by atoms with Crippen molar-refractivity contribution < 1.29 is 32.6 Å². The van der Waals surface area contributed by atoms with Crippen LogP contribution in [0.1, 0.15) is 24.5 Å². The van der Waals surface area contributed by atoms with Gasteiger partial charge in [0.15, 0.2) is 0 Å². The van der Waals surface area contributed by atoms with Crippen molar-refractivity contribution in [2.45, 2.75) is 25.9 Å². The number of carbonyl (C=O) groups excluding carboxylic acids is 1. The molecule has 1 N–H and O–H groups in total. The highest BCUT2D eigenvalue weighted by Crippen LogP contribution is 2.29. The number of alkyl halides is 3. The van der Waals surface area contributed by atoms with E-state index in [1.54, 1.807) is 6.92 Å². The van der Waals surface area contributed by atoms with Crippen LogP contribution in [0.4, 0.5) is 13.2 Å². The molecule has 0 bridgehead atoms. The highest BCUT2D eigenvalue weighted by molar-refractivity contribution is 5.83. The SMILES string of the molecule is CCC(Cc1ccc(C(F)(F)F)cc1)C(=O)N(CCOC)CC(=O)O. The van der Waals surface area contributed by atoms with Crippen LogP contribution in [0.15, 0.2) is 24.3 Å². The van der Waals surface area contributed by atoms with Gasteiger partial charge in [-0.2, -0.15) is 13.2 Å². The summed E-state index contributed by atoms with van der Waals surface area (Å²) in [6, 6.07) is 4.64. The van der Waals surface area contributed by atoms with E-state index in [9.17, 15) is 22.8 Å². The van der Waals surface area contributed by atoms with Gasteiger partial charge in [0.25, 0.3) is 0 Å². The molecule has 0 aliphatic carbocycles. The third kappa shape index (κ3) is 6.74. The molecule has 8 heteroatoms. The van der Waals surface area contributed by atoms with Gasteiger partial charge in [-0.15, -0.1) is 0 Å². The first-order valence-electron chi connectivity index (χ1n) is 7.84. The van der Waals surface area contributed by atoms with Crippen molar-refractivity contribution >= 4 is 11.9 Å². The molecular formula is C17H22F3NO4. The number of carboxylic acids is 1. The van der Waals surface area contributed by atoms with Crippen LogP contribution in [0.25, 0.3) is 0 Å². The summed E-state index contributed by atoms with van der Waals surface area (Å²) in [7, 11) is 1.45. The summed E-state index contributed by atoms with van der Waals surface area (Å²) in [6.07, 6.45) is -3.71. The molecule has 1 unspecified atom stereocenters. The standard InChI is InChI=1S/C17H22F3NO4/c1-3-13(16(24)21(8-9-25-2)11-15(22)23)10-12-4-6-14(7-5-12)17(18,19)20/h4-7,13H,3,8-11H2,1-2H3,(H,22,23). The Morgan fingerprint density at radius 2 is 1.84 bits per heavy atom. The summed E-state index contributed by atoms with van der Waals surface area (Å²) in [5, 5.41) is 8.94. The predicted octanol–water partition coefficient (Wildman–Crippen LogP) is 2.83. The molecule has 0 fully saturated rings. The minimum Gasteiger partial charge on any atom is -0.480 e. The normalized spacial score (nSPS) is 12.7. The number of aliphatic carboxylic acids is 1. The van der Waals surface area contributed by atoms with Crippen LogP contribution >= 0.6 is 0 Å². The number of amides is 1. The maximum atomic E-state index is 12.6. The third-order valence-corrected chi connectivity index (χ3v) is 3.81. The molecular weight excluding hydrogens is 339 g/mol. The first-order chi connectivity index (χ1) is 11.7.